The molecule has 7 N–H and O–H groups in total. The molecule has 0 radical (unpaired) electrons. The summed E-state index contributed by atoms with van der Waals surface area (Å²) in [5, 5.41) is 13.9. The Balaban J connectivity index is 1.72. The summed E-state index contributed by atoms with van der Waals surface area (Å²) in [6.07, 6.45) is 1.83. The number of nitrogens with zero attached hydrogens (tertiary/aromatic N) is 3. The van der Waals surface area contributed by atoms with Crippen LogP contribution in [0, 0.1) is 6.92 Å². The minimum Gasteiger partial charge on any atom is -0.507 e. The number of hydrogen-bond acceptors (Lipinski definition) is 8. The number of benzene rings is 1. The van der Waals surface area contributed by atoms with Crippen molar-refractivity contribution in [3.63, 3.8) is 0 Å². The second-order valence-electron chi connectivity index (χ2n) is 7.45. The fourth-order valence-electron chi connectivity index (χ4n) is 3.60. The van der Waals surface area contributed by atoms with Crippen molar-refractivity contribution < 1.29 is 14.4 Å². The van der Waals surface area contributed by atoms with Crippen LogP contribution in [0.5, 0.6) is 5.75 Å². The molecule has 1 aromatic heterocycles. The smallest absolute Gasteiger partial charge is 0.230 e. The summed E-state index contributed by atoms with van der Waals surface area (Å²) in [4.78, 5) is 16.5. The molecule has 9 heteroatoms. The second kappa shape index (κ2) is 8.81. The van der Waals surface area contributed by atoms with Gasteiger partial charge < -0.3 is 36.6 Å². The molecule has 0 bridgehead atoms. The van der Waals surface area contributed by atoms with Crippen LogP contribution in [0.25, 0.3) is 5.70 Å². The number of aromatic nitrogens is 1. The first-order chi connectivity index (χ1) is 14.3. The van der Waals surface area contributed by atoms with Gasteiger partial charge in [-0.15, -0.1) is 0 Å². The van der Waals surface area contributed by atoms with Gasteiger partial charge >= 0.3 is 0 Å². The molecule has 1 fully saturated rings. The summed E-state index contributed by atoms with van der Waals surface area (Å²) in [6.45, 7) is 5.38. The average molecular weight is 412 g/mol. The maximum absolute atomic E-state index is 12.7. The number of para-hydroxylation sites is 1. The molecule has 1 atom stereocenters. The monoisotopic (exact) mass is 412 g/mol. The molecule has 0 spiro atoms. The molecule has 160 valence electrons. The van der Waals surface area contributed by atoms with E-state index >= 15 is 0 Å². The van der Waals surface area contributed by atoms with Crippen molar-refractivity contribution in [2.75, 3.05) is 19.6 Å². The van der Waals surface area contributed by atoms with Crippen LogP contribution < -0.4 is 17.2 Å². The van der Waals surface area contributed by atoms with Crippen LogP contribution in [0.15, 0.2) is 52.4 Å². The highest BCUT2D eigenvalue weighted by molar-refractivity contribution is 5.78. The van der Waals surface area contributed by atoms with Crippen molar-refractivity contribution in [2.45, 2.75) is 26.3 Å². The summed E-state index contributed by atoms with van der Waals surface area (Å²) in [5.74, 6) is 0.733. The molecule has 1 aromatic carbocycles. The first kappa shape index (κ1) is 21.1. The molecule has 2 heterocycles. The lowest BCUT2D eigenvalue weighted by Gasteiger charge is -2.41. The number of nitrogens with two attached hydrogens (primary N) is 3. The van der Waals surface area contributed by atoms with E-state index in [0.717, 1.165) is 5.69 Å². The zero-order valence-corrected chi connectivity index (χ0v) is 17.2. The summed E-state index contributed by atoms with van der Waals surface area (Å²) in [5.41, 5.74) is 20.2. The number of aromatic hydroxyl groups is 1. The average Bonchev–Trinajstić information content (AvgIpc) is 3.10. The molecule has 9 nitrogen and oxygen atoms in total. The molecule has 0 saturated carbocycles. The number of phenolic OH excluding ortho intramolecular Hbond substituents is 1. The molecule has 1 saturated heterocycles. The minimum absolute atomic E-state index is 0.0196. The fourth-order valence-corrected chi connectivity index (χ4v) is 3.60. The molecule has 30 heavy (non-hydrogen) atoms. The number of phenols is 1. The number of hydrogen-bond donors (Lipinski definition) is 4. The van der Waals surface area contributed by atoms with Gasteiger partial charge in [-0.1, -0.05) is 17.3 Å². The number of rotatable bonds is 5. The van der Waals surface area contributed by atoms with Crippen LogP contribution in [0.3, 0.4) is 0 Å². The normalized spacial score (nSPS) is 17.1. The molecule has 1 aliphatic rings. The number of allylic oxidation sites excluding steroid dienone is 1. The van der Waals surface area contributed by atoms with Crippen molar-refractivity contribution in [3.8, 4) is 5.75 Å². The molecule has 1 aliphatic heterocycles. The van der Waals surface area contributed by atoms with E-state index < -0.39 is 0 Å². The van der Waals surface area contributed by atoms with Crippen molar-refractivity contribution >= 4 is 11.6 Å². The number of carbonyl (C=O) groups excluding carboxylic acids is 1. The number of piperazine rings is 1. The third kappa shape index (κ3) is 4.68. The largest absolute Gasteiger partial charge is 0.507 e. The van der Waals surface area contributed by atoms with Gasteiger partial charge in [-0.25, -0.2) is 0 Å². The highest BCUT2D eigenvalue weighted by atomic mass is 16.5. The first-order valence-corrected chi connectivity index (χ1v) is 9.73. The predicted octanol–water partition coefficient (Wildman–Crippen LogP) is 0.850. The van der Waals surface area contributed by atoms with Crippen LogP contribution in [-0.2, 0) is 11.2 Å². The van der Waals surface area contributed by atoms with E-state index in [0.29, 0.717) is 42.4 Å². The van der Waals surface area contributed by atoms with E-state index in [-0.39, 0.29) is 29.9 Å². The van der Waals surface area contributed by atoms with E-state index in [1.165, 1.54) is 0 Å². The quantitative estimate of drug-likeness (QED) is 0.528. The lowest BCUT2D eigenvalue weighted by molar-refractivity contribution is -0.134. The number of amides is 1. The van der Waals surface area contributed by atoms with Gasteiger partial charge in [0.05, 0.1) is 17.8 Å². The Morgan fingerprint density at radius 3 is 2.63 bits per heavy atom. The van der Waals surface area contributed by atoms with Crippen LogP contribution in [0.2, 0.25) is 0 Å². The minimum atomic E-state index is -0.0654. The predicted molar refractivity (Wildman–Crippen MR) is 113 cm³/mol. The van der Waals surface area contributed by atoms with E-state index in [9.17, 15) is 9.90 Å². The summed E-state index contributed by atoms with van der Waals surface area (Å²) < 4.78 is 5.16. The van der Waals surface area contributed by atoms with E-state index in [4.69, 9.17) is 21.7 Å². The molecule has 3 rings (SSSR count). The van der Waals surface area contributed by atoms with E-state index in [1.54, 1.807) is 36.4 Å². The number of aryl methyl sites for hydroxylation is 1. The molecule has 1 unspecified atom stereocenters. The third-order valence-electron chi connectivity index (χ3n) is 5.09. The Bertz CT molecular complexity index is 977. The lowest BCUT2D eigenvalue weighted by atomic mass is 10.1. The summed E-state index contributed by atoms with van der Waals surface area (Å²) in [7, 11) is 0. The first-order valence-electron chi connectivity index (χ1n) is 9.73. The fraction of sp³-hybridized carbons (Fsp3) is 0.333. The number of carbonyl (C=O) groups is 1. The lowest BCUT2D eigenvalue weighted by Crippen LogP contribution is -2.54. The van der Waals surface area contributed by atoms with Crippen molar-refractivity contribution in [1.82, 2.24) is 15.0 Å². The standard InChI is InChI=1S/C21H28N6O3/c1-13-9-15(30-25-13)10-20(29)27-8-7-26(12-14(27)2)18(21(23)24)11-17(22)16-5-3-4-6-19(16)28/h3-6,9,11,14,28H,7-8,10,12,22-24H2,1-2H3/b17-11-. The van der Waals surface area contributed by atoms with Crippen molar-refractivity contribution in [1.29, 1.82) is 0 Å². The molecule has 0 aliphatic carbocycles. The van der Waals surface area contributed by atoms with Gasteiger partial charge in [0.2, 0.25) is 5.91 Å². The van der Waals surface area contributed by atoms with Crippen LogP contribution in [-0.4, -0.2) is 51.6 Å². The Morgan fingerprint density at radius 2 is 2.03 bits per heavy atom. The molecular formula is C21H28N6O3. The van der Waals surface area contributed by atoms with Crippen molar-refractivity contribution in [2.24, 2.45) is 17.2 Å². The Hall–Kier alpha value is -3.62. The van der Waals surface area contributed by atoms with Gasteiger partial charge in [-0.3, -0.25) is 4.79 Å². The van der Waals surface area contributed by atoms with Crippen LogP contribution >= 0.6 is 0 Å². The Kier molecular flexibility index (Phi) is 6.20. The zero-order chi connectivity index (χ0) is 21.8. The van der Waals surface area contributed by atoms with E-state index in [2.05, 4.69) is 5.16 Å². The topological polar surface area (TPSA) is 148 Å². The summed E-state index contributed by atoms with van der Waals surface area (Å²) >= 11 is 0. The van der Waals surface area contributed by atoms with Gasteiger partial charge in [0, 0.05) is 43.0 Å². The maximum Gasteiger partial charge on any atom is 0.230 e. The second-order valence-corrected chi connectivity index (χ2v) is 7.45. The van der Waals surface area contributed by atoms with Crippen LogP contribution in [0.1, 0.15) is 23.9 Å². The Morgan fingerprint density at radius 1 is 1.30 bits per heavy atom. The van der Waals surface area contributed by atoms with Gasteiger partial charge in [-0.05, 0) is 32.1 Å². The molecule has 1 amide bonds. The van der Waals surface area contributed by atoms with E-state index in [1.807, 2.05) is 23.6 Å². The van der Waals surface area contributed by atoms with Gasteiger partial charge in [0.1, 0.15) is 17.3 Å². The molecular weight excluding hydrogens is 384 g/mol. The third-order valence-corrected chi connectivity index (χ3v) is 5.09. The van der Waals surface area contributed by atoms with Crippen molar-refractivity contribution in [3.05, 3.63) is 64.9 Å². The maximum atomic E-state index is 12.7. The highest BCUT2D eigenvalue weighted by Crippen LogP contribution is 2.24. The SMILES string of the molecule is Cc1cc(CC(=O)N2CCN(C(/C=C(\N)c3ccccc3O)=C(N)N)CC2C)on1. The van der Waals surface area contributed by atoms with Crippen LogP contribution in [0.4, 0.5) is 0 Å². The Labute approximate surface area is 175 Å². The zero-order valence-electron chi connectivity index (χ0n) is 17.2. The molecule has 2 aromatic rings. The summed E-state index contributed by atoms with van der Waals surface area (Å²) in [6, 6.07) is 8.49. The van der Waals surface area contributed by atoms with Gasteiger partial charge in [-0.2, -0.15) is 0 Å². The van der Waals surface area contributed by atoms with Gasteiger partial charge in [0.25, 0.3) is 0 Å². The highest BCUT2D eigenvalue weighted by Gasteiger charge is 2.29. The van der Waals surface area contributed by atoms with Gasteiger partial charge in [0.15, 0.2) is 0 Å².